The second kappa shape index (κ2) is 9.26. The van der Waals surface area contributed by atoms with Gasteiger partial charge in [0.2, 0.25) is 5.91 Å². The van der Waals surface area contributed by atoms with Crippen LogP contribution in [0.2, 0.25) is 5.02 Å². The molecule has 1 aromatic carbocycles. The van der Waals surface area contributed by atoms with Crippen LogP contribution < -0.4 is 10.6 Å². The highest BCUT2D eigenvalue weighted by Crippen LogP contribution is 2.17. The Morgan fingerprint density at radius 3 is 3.00 bits per heavy atom. The fourth-order valence-corrected chi connectivity index (χ4v) is 2.50. The van der Waals surface area contributed by atoms with E-state index < -0.39 is 0 Å². The SMILES string of the molecule is CC(NC(=O)CNCC1CCCO1)c1cccc(Cl)c1.Cl. The molecule has 0 radical (unpaired) electrons. The Bertz CT molecular complexity index is 451. The number of nitrogens with one attached hydrogen (secondary N) is 2. The number of carbonyl (C=O) groups excluding carboxylic acids is 1. The summed E-state index contributed by atoms with van der Waals surface area (Å²) in [4.78, 5) is 11.8. The van der Waals surface area contributed by atoms with E-state index in [0.717, 1.165) is 31.6 Å². The zero-order chi connectivity index (χ0) is 14.4. The third kappa shape index (κ3) is 6.22. The molecule has 0 aromatic heterocycles. The number of ether oxygens (including phenoxy) is 1. The first-order chi connectivity index (χ1) is 9.65. The highest BCUT2D eigenvalue weighted by Gasteiger charge is 2.15. The molecule has 6 heteroatoms. The van der Waals surface area contributed by atoms with Crippen LogP contribution in [0.15, 0.2) is 24.3 Å². The smallest absolute Gasteiger partial charge is 0.234 e. The Hall–Kier alpha value is -0.810. The van der Waals surface area contributed by atoms with Crippen LogP contribution >= 0.6 is 24.0 Å². The summed E-state index contributed by atoms with van der Waals surface area (Å²) in [6, 6.07) is 7.48. The highest BCUT2D eigenvalue weighted by atomic mass is 35.5. The Morgan fingerprint density at radius 1 is 1.52 bits per heavy atom. The number of amides is 1. The predicted octanol–water partition coefficient (Wildman–Crippen LogP) is 2.71. The Morgan fingerprint density at radius 2 is 2.33 bits per heavy atom. The van der Waals surface area contributed by atoms with E-state index in [1.807, 2.05) is 31.2 Å². The van der Waals surface area contributed by atoms with Crippen LogP contribution in [0.1, 0.15) is 31.4 Å². The largest absolute Gasteiger partial charge is 0.377 e. The zero-order valence-corrected chi connectivity index (χ0v) is 13.7. The molecule has 1 aliphatic heterocycles. The van der Waals surface area contributed by atoms with Crippen molar-refractivity contribution in [1.82, 2.24) is 10.6 Å². The van der Waals surface area contributed by atoms with Gasteiger partial charge >= 0.3 is 0 Å². The van der Waals surface area contributed by atoms with E-state index >= 15 is 0 Å². The third-order valence-corrected chi connectivity index (χ3v) is 3.64. The average molecular weight is 333 g/mol. The van der Waals surface area contributed by atoms with Crippen molar-refractivity contribution in [1.29, 1.82) is 0 Å². The molecule has 1 aromatic rings. The fourth-order valence-electron chi connectivity index (χ4n) is 2.30. The van der Waals surface area contributed by atoms with Gasteiger partial charge in [0.1, 0.15) is 0 Å². The first kappa shape index (κ1) is 18.2. The van der Waals surface area contributed by atoms with E-state index in [0.29, 0.717) is 11.6 Å². The van der Waals surface area contributed by atoms with Gasteiger partial charge in [-0.25, -0.2) is 0 Å². The topological polar surface area (TPSA) is 50.4 Å². The van der Waals surface area contributed by atoms with Crippen molar-refractivity contribution in [2.24, 2.45) is 0 Å². The van der Waals surface area contributed by atoms with Crippen molar-refractivity contribution in [2.45, 2.75) is 31.9 Å². The molecule has 1 aliphatic rings. The van der Waals surface area contributed by atoms with Crippen LogP contribution in [0.3, 0.4) is 0 Å². The van der Waals surface area contributed by atoms with Crippen LogP contribution in [0, 0.1) is 0 Å². The number of hydrogen-bond donors (Lipinski definition) is 2. The summed E-state index contributed by atoms with van der Waals surface area (Å²) in [5.74, 6) is -0.0181. The van der Waals surface area contributed by atoms with Gasteiger partial charge in [0.05, 0.1) is 18.7 Å². The molecular weight excluding hydrogens is 311 g/mol. The van der Waals surface area contributed by atoms with Gasteiger partial charge in [-0.05, 0) is 37.5 Å². The van der Waals surface area contributed by atoms with Crippen molar-refractivity contribution in [3.05, 3.63) is 34.9 Å². The van der Waals surface area contributed by atoms with E-state index in [1.54, 1.807) is 0 Å². The van der Waals surface area contributed by atoms with Gasteiger partial charge in [-0.3, -0.25) is 4.79 Å². The van der Waals surface area contributed by atoms with Crippen LogP contribution in [0.25, 0.3) is 0 Å². The van der Waals surface area contributed by atoms with Crippen LogP contribution in [-0.4, -0.2) is 31.7 Å². The molecule has 2 atom stereocenters. The lowest BCUT2D eigenvalue weighted by Crippen LogP contribution is -2.38. The van der Waals surface area contributed by atoms with Crippen molar-refractivity contribution in [3.63, 3.8) is 0 Å². The van der Waals surface area contributed by atoms with E-state index in [-0.39, 0.29) is 30.5 Å². The minimum absolute atomic E-state index is 0. The first-order valence-corrected chi connectivity index (χ1v) is 7.40. The van der Waals surface area contributed by atoms with Crippen LogP contribution in [0.5, 0.6) is 0 Å². The minimum atomic E-state index is -0.0502. The number of benzene rings is 1. The lowest BCUT2D eigenvalue weighted by Gasteiger charge is -2.16. The van der Waals surface area contributed by atoms with E-state index in [4.69, 9.17) is 16.3 Å². The molecule has 1 heterocycles. The zero-order valence-electron chi connectivity index (χ0n) is 12.1. The summed E-state index contributed by atoms with van der Waals surface area (Å²) >= 11 is 5.94. The summed E-state index contributed by atoms with van der Waals surface area (Å²) in [6.07, 6.45) is 2.45. The molecule has 2 rings (SSSR count). The number of carbonyl (C=O) groups is 1. The third-order valence-electron chi connectivity index (χ3n) is 3.41. The molecule has 2 unspecified atom stereocenters. The fraction of sp³-hybridized carbons (Fsp3) is 0.533. The second-order valence-electron chi connectivity index (χ2n) is 5.11. The van der Waals surface area contributed by atoms with Gasteiger partial charge in [-0.1, -0.05) is 23.7 Å². The maximum atomic E-state index is 11.8. The first-order valence-electron chi connectivity index (χ1n) is 7.02. The Kier molecular flexibility index (Phi) is 8.04. The lowest BCUT2D eigenvalue weighted by atomic mass is 10.1. The monoisotopic (exact) mass is 332 g/mol. The summed E-state index contributed by atoms with van der Waals surface area (Å²) < 4.78 is 5.49. The molecule has 1 saturated heterocycles. The second-order valence-corrected chi connectivity index (χ2v) is 5.55. The van der Waals surface area contributed by atoms with Gasteiger partial charge in [0.25, 0.3) is 0 Å². The summed E-state index contributed by atoms with van der Waals surface area (Å²) in [5.41, 5.74) is 1.00. The summed E-state index contributed by atoms with van der Waals surface area (Å²) in [7, 11) is 0. The quantitative estimate of drug-likeness (QED) is 0.842. The number of halogens is 2. The molecule has 0 spiro atoms. The maximum absolute atomic E-state index is 11.8. The standard InChI is InChI=1S/C15H21ClN2O2.ClH/c1-11(12-4-2-5-13(16)8-12)18-15(19)10-17-9-14-6-3-7-20-14;/h2,4-5,8,11,14,17H,3,6-7,9-10H2,1H3,(H,18,19);1H. The van der Waals surface area contributed by atoms with Gasteiger partial charge < -0.3 is 15.4 Å². The molecule has 0 bridgehead atoms. The van der Waals surface area contributed by atoms with Crippen molar-refractivity contribution in [3.8, 4) is 0 Å². The maximum Gasteiger partial charge on any atom is 0.234 e. The number of hydrogen-bond acceptors (Lipinski definition) is 3. The molecule has 0 saturated carbocycles. The Balaban J connectivity index is 0.00000220. The minimum Gasteiger partial charge on any atom is -0.377 e. The summed E-state index contributed by atoms with van der Waals surface area (Å²) in [5, 5.41) is 6.76. The molecule has 21 heavy (non-hydrogen) atoms. The molecule has 1 fully saturated rings. The van der Waals surface area contributed by atoms with E-state index in [2.05, 4.69) is 10.6 Å². The molecule has 2 N–H and O–H groups in total. The van der Waals surface area contributed by atoms with E-state index in [1.165, 1.54) is 0 Å². The molecule has 4 nitrogen and oxygen atoms in total. The Labute approximate surface area is 137 Å². The molecule has 118 valence electrons. The number of rotatable bonds is 6. The molecule has 1 amide bonds. The van der Waals surface area contributed by atoms with Gasteiger partial charge in [0.15, 0.2) is 0 Å². The predicted molar refractivity (Wildman–Crippen MR) is 87.1 cm³/mol. The molecular formula is C15H22Cl2N2O2. The normalized spacial score (nSPS) is 18.9. The van der Waals surface area contributed by atoms with Crippen molar-refractivity contribution >= 4 is 29.9 Å². The molecule has 0 aliphatic carbocycles. The lowest BCUT2D eigenvalue weighted by molar-refractivity contribution is -0.120. The van der Waals surface area contributed by atoms with Gasteiger partial charge in [-0.2, -0.15) is 0 Å². The van der Waals surface area contributed by atoms with Gasteiger partial charge in [0, 0.05) is 18.2 Å². The highest BCUT2D eigenvalue weighted by molar-refractivity contribution is 6.30. The average Bonchev–Trinajstić information content (AvgIpc) is 2.92. The van der Waals surface area contributed by atoms with Crippen LogP contribution in [-0.2, 0) is 9.53 Å². The van der Waals surface area contributed by atoms with Crippen molar-refractivity contribution < 1.29 is 9.53 Å². The van der Waals surface area contributed by atoms with Crippen LogP contribution in [0.4, 0.5) is 0 Å². The van der Waals surface area contributed by atoms with E-state index in [9.17, 15) is 4.79 Å². The summed E-state index contributed by atoms with van der Waals surface area (Å²) in [6.45, 7) is 3.83. The van der Waals surface area contributed by atoms with Crippen molar-refractivity contribution in [2.75, 3.05) is 19.7 Å². The van der Waals surface area contributed by atoms with Gasteiger partial charge in [-0.15, -0.1) is 12.4 Å².